The zero-order valence-electron chi connectivity index (χ0n) is 10.6. The first-order valence-corrected chi connectivity index (χ1v) is 5.92. The van der Waals surface area contributed by atoms with Crippen LogP contribution in [0.5, 0.6) is 5.75 Å². The van der Waals surface area contributed by atoms with E-state index in [1.165, 1.54) is 0 Å². The number of nitrogens with zero attached hydrogens (tertiary/aromatic N) is 1. The van der Waals surface area contributed by atoms with E-state index < -0.39 is 5.60 Å². The van der Waals surface area contributed by atoms with E-state index in [9.17, 15) is 9.90 Å². The number of benzene rings is 1. The van der Waals surface area contributed by atoms with Crippen LogP contribution >= 0.6 is 0 Å². The molecule has 5 nitrogen and oxygen atoms in total. The summed E-state index contributed by atoms with van der Waals surface area (Å²) in [6.07, 6.45) is 0.493. The van der Waals surface area contributed by atoms with Crippen LogP contribution in [-0.4, -0.2) is 29.8 Å². The van der Waals surface area contributed by atoms with Crippen molar-refractivity contribution in [3.8, 4) is 5.75 Å². The van der Waals surface area contributed by atoms with Gasteiger partial charge in [0.15, 0.2) is 6.61 Å². The quantitative estimate of drug-likeness (QED) is 0.789. The molecule has 1 aliphatic heterocycles. The van der Waals surface area contributed by atoms with Crippen molar-refractivity contribution in [3.05, 3.63) is 18.2 Å². The molecular formula is C13H18N2O3. The van der Waals surface area contributed by atoms with Gasteiger partial charge in [-0.3, -0.25) is 4.79 Å². The number of fused-ring (bicyclic) bond motifs is 1. The zero-order valence-corrected chi connectivity index (χ0v) is 10.6. The molecule has 3 N–H and O–H groups in total. The minimum Gasteiger partial charge on any atom is -0.482 e. The second kappa shape index (κ2) is 4.49. The van der Waals surface area contributed by atoms with E-state index in [2.05, 4.69) is 0 Å². The van der Waals surface area contributed by atoms with Crippen LogP contribution in [0.3, 0.4) is 0 Å². The van der Waals surface area contributed by atoms with Gasteiger partial charge in [0.25, 0.3) is 5.91 Å². The number of aliphatic hydroxyl groups is 1. The SMILES string of the molecule is CC(C)(O)CCN1C(=O)COc2ccc(N)cc21. The summed E-state index contributed by atoms with van der Waals surface area (Å²) in [7, 11) is 0. The van der Waals surface area contributed by atoms with E-state index in [-0.39, 0.29) is 12.5 Å². The molecule has 0 saturated carbocycles. The van der Waals surface area contributed by atoms with Crippen molar-refractivity contribution in [1.29, 1.82) is 0 Å². The number of hydrogen-bond donors (Lipinski definition) is 2. The molecule has 0 bridgehead atoms. The van der Waals surface area contributed by atoms with Crippen molar-refractivity contribution in [2.75, 3.05) is 23.8 Å². The number of amides is 1. The first kappa shape index (κ1) is 12.7. The van der Waals surface area contributed by atoms with Crippen molar-refractivity contribution in [3.63, 3.8) is 0 Å². The highest BCUT2D eigenvalue weighted by atomic mass is 16.5. The van der Waals surface area contributed by atoms with Crippen molar-refractivity contribution in [2.24, 2.45) is 0 Å². The average molecular weight is 250 g/mol. The second-order valence-electron chi connectivity index (χ2n) is 5.12. The summed E-state index contributed by atoms with van der Waals surface area (Å²) in [6, 6.07) is 5.22. The third-order valence-corrected chi connectivity index (χ3v) is 2.87. The van der Waals surface area contributed by atoms with Gasteiger partial charge in [-0.05, 0) is 38.5 Å². The van der Waals surface area contributed by atoms with Crippen LogP contribution in [0.15, 0.2) is 18.2 Å². The molecule has 0 atom stereocenters. The molecule has 98 valence electrons. The normalized spacial score (nSPS) is 15.3. The van der Waals surface area contributed by atoms with Crippen LogP contribution in [0.4, 0.5) is 11.4 Å². The van der Waals surface area contributed by atoms with E-state index >= 15 is 0 Å². The summed E-state index contributed by atoms with van der Waals surface area (Å²) in [5.74, 6) is 0.539. The van der Waals surface area contributed by atoms with Gasteiger partial charge in [0, 0.05) is 12.2 Å². The number of nitrogen functional groups attached to an aromatic ring is 1. The monoisotopic (exact) mass is 250 g/mol. The number of carbonyl (C=O) groups is 1. The number of ether oxygens (including phenoxy) is 1. The molecular weight excluding hydrogens is 232 g/mol. The standard InChI is InChI=1S/C13H18N2O3/c1-13(2,17)5-6-15-10-7-9(14)3-4-11(10)18-8-12(15)16/h3-4,7,17H,5-6,8,14H2,1-2H3. The third-order valence-electron chi connectivity index (χ3n) is 2.87. The number of carbonyl (C=O) groups excluding carboxylic acids is 1. The van der Waals surface area contributed by atoms with Gasteiger partial charge >= 0.3 is 0 Å². The molecule has 0 aliphatic carbocycles. The maximum atomic E-state index is 11.9. The Kier molecular flexibility index (Phi) is 3.17. The highest BCUT2D eigenvalue weighted by Crippen LogP contribution is 2.34. The minimum absolute atomic E-state index is 0.0305. The maximum Gasteiger partial charge on any atom is 0.265 e. The van der Waals surface area contributed by atoms with Gasteiger partial charge in [-0.15, -0.1) is 0 Å². The molecule has 0 aromatic heterocycles. The van der Waals surface area contributed by atoms with Crippen LogP contribution in [0.1, 0.15) is 20.3 Å². The highest BCUT2D eigenvalue weighted by Gasteiger charge is 2.27. The van der Waals surface area contributed by atoms with E-state index in [4.69, 9.17) is 10.5 Å². The predicted octanol–water partition coefficient (Wildman–Crippen LogP) is 1.16. The summed E-state index contributed by atoms with van der Waals surface area (Å²) < 4.78 is 5.34. The third kappa shape index (κ3) is 2.73. The molecule has 18 heavy (non-hydrogen) atoms. The molecule has 5 heteroatoms. The molecule has 1 aliphatic rings. The molecule has 0 radical (unpaired) electrons. The molecule has 0 unspecified atom stereocenters. The van der Waals surface area contributed by atoms with Gasteiger partial charge in [0.1, 0.15) is 5.75 Å². The first-order chi connectivity index (χ1) is 8.37. The Morgan fingerprint density at radius 3 is 2.89 bits per heavy atom. The Balaban J connectivity index is 2.24. The van der Waals surface area contributed by atoms with Crippen molar-refractivity contribution >= 4 is 17.3 Å². The number of rotatable bonds is 3. The van der Waals surface area contributed by atoms with E-state index in [1.54, 1.807) is 36.9 Å². The maximum absolute atomic E-state index is 11.9. The van der Waals surface area contributed by atoms with Gasteiger partial charge in [-0.25, -0.2) is 0 Å². The van der Waals surface area contributed by atoms with E-state index in [0.29, 0.717) is 30.1 Å². The smallest absolute Gasteiger partial charge is 0.265 e. The topological polar surface area (TPSA) is 75.8 Å². The van der Waals surface area contributed by atoms with Gasteiger partial charge < -0.3 is 20.5 Å². The lowest BCUT2D eigenvalue weighted by Gasteiger charge is -2.31. The Morgan fingerprint density at radius 2 is 2.22 bits per heavy atom. The molecule has 0 spiro atoms. The Bertz CT molecular complexity index is 466. The predicted molar refractivity (Wildman–Crippen MR) is 69.6 cm³/mol. The molecule has 0 fully saturated rings. The van der Waals surface area contributed by atoms with Crippen LogP contribution in [-0.2, 0) is 4.79 Å². The summed E-state index contributed by atoms with van der Waals surface area (Å²) in [4.78, 5) is 13.5. The Hall–Kier alpha value is -1.75. The lowest BCUT2D eigenvalue weighted by molar-refractivity contribution is -0.121. The van der Waals surface area contributed by atoms with Crippen LogP contribution in [0.25, 0.3) is 0 Å². The van der Waals surface area contributed by atoms with Crippen molar-refractivity contribution in [2.45, 2.75) is 25.9 Å². The van der Waals surface area contributed by atoms with Crippen molar-refractivity contribution in [1.82, 2.24) is 0 Å². The molecule has 1 amide bonds. The molecule has 1 heterocycles. The summed E-state index contributed by atoms with van der Waals surface area (Å²) >= 11 is 0. The summed E-state index contributed by atoms with van der Waals surface area (Å²) in [6.45, 7) is 3.92. The van der Waals surface area contributed by atoms with Gasteiger partial charge in [0.2, 0.25) is 0 Å². The first-order valence-electron chi connectivity index (χ1n) is 5.92. The fourth-order valence-corrected chi connectivity index (χ4v) is 1.85. The lowest BCUT2D eigenvalue weighted by Crippen LogP contribution is -2.41. The molecule has 2 rings (SSSR count). The number of anilines is 2. The van der Waals surface area contributed by atoms with Gasteiger partial charge in [-0.2, -0.15) is 0 Å². The van der Waals surface area contributed by atoms with Crippen LogP contribution < -0.4 is 15.4 Å². The summed E-state index contributed by atoms with van der Waals surface area (Å²) in [5.41, 5.74) is 6.18. The summed E-state index contributed by atoms with van der Waals surface area (Å²) in [5, 5.41) is 9.74. The van der Waals surface area contributed by atoms with E-state index in [1.807, 2.05) is 0 Å². The number of nitrogens with two attached hydrogens (primary N) is 1. The van der Waals surface area contributed by atoms with Gasteiger partial charge in [-0.1, -0.05) is 0 Å². The molecule has 0 saturated heterocycles. The lowest BCUT2D eigenvalue weighted by atomic mass is 10.0. The Labute approximate surface area is 106 Å². The van der Waals surface area contributed by atoms with Gasteiger partial charge in [0.05, 0.1) is 11.3 Å². The highest BCUT2D eigenvalue weighted by molar-refractivity contribution is 5.98. The largest absolute Gasteiger partial charge is 0.482 e. The Morgan fingerprint density at radius 1 is 1.50 bits per heavy atom. The second-order valence-corrected chi connectivity index (χ2v) is 5.12. The zero-order chi connectivity index (χ0) is 13.3. The van der Waals surface area contributed by atoms with E-state index in [0.717, 1.165) is 0 Å². The fourth-order valence-electron chi connectivity index (χ4n) is 1.85. The molecule has 1 aromatic carbocycles. The average Bonchev–Trinajstić information content (AvgIpc) is 2.26. The molecule has 1 aromatic rings. The van der Waals surface area contributed by atoms with Crippen LogP contribution in [0.2, 0.25) is 0 Å². The number of hydrogen-bond acceptors (Lipinski definition) is 4. The minimum atomic E-state index is -0.806. The fraction of sp³-hybridized carbons (Fsp3) is 0.462. The van der Waals surface area contributed by atoms with Crippen molar-refractivity contribution < 1.29 is 14.6 Å². The van der Waals surface area contributed by atoms with Crippen LogP contribution in [0, 0.1) is 0 Å².